The van der Waals surface area contributed by atoms with Gasteiger partial charge in [0.2, 0.25) is 0 Å². The van der Waals surface area contributed by atoms with Crippen LogP contribution in [0.4, 0.5) is 50.9 Å². The van der Waals surface area contributed by atoms with E-state index in [9.17, 15) is 52.7 Å². The first-order chi connectivity index (χ1) is 13.9. The van der Waals surface area contributed by atoms with Gasteiger partial charge in [0.1, 0.15) is 0 Å². The standard InChI is InChI=1S/C16H9F9N2O3S/c17-14(18,19)8-1-4-10(5-2-8)26-13(28)11-6-3-9(15(20,21)22)7-12(11)27-31(29,30)16(23,24)25/h1-7,27H,(H,26,28). The first kappa shape index (κ1) is 24.3. The summed E-state index contributed by atoms with van der Waals surface area (Å²) < 4.78 is 137. The molecule has 2 N–H and O–H groups in total. The largest absolute Gasteiger partial charge is 0.516 e. The molecule has 0 unspecified atom stereocenters. The van der Waals surface area contributed by atoms with Crippen LogP contribution in [0.25, 0.3) is 0 Å². The van der Waals surface area contributed by atoms with E-state index >= 15 is 0 Å². The van der Waals surface area contributed by atoms with Crippen LogP contribution in [-0.4, -0.2) is 19.8 Å². The van der Waals surface area contributed by atoms with Crippen molar-refractivity contribution in [1.29, 1.82) is 0 Å². The number of alkyl halides is 9. The maximum atomic E-state index is 12.9. The van der Waals surface area contributed by atoms with E-state index in [2.05, 4.69) is 0 Å². The number of hydrogen-bond donors (Lipinski definition) is 2. The lowest BCUT2D eigenvalue weighted by molar-refractivity contribution is -0.138. The number of nitrogens with one attached hydrogen (secondary N) is 2. The molecular weight excluding hydrogens is 471 g/mol. The maximum Gasteiger partial charge on any atom is 0.516 e. The van der Waals surface area contributed by atoms with Crippen LogP contribution in [0.5, 0.6) is 0 Å². The van der Waals surface area contributed by atoms with Gasteiger partial charge < -0.3 is 5.32 Å². The number of carbonyl (C=O) groups excluding carboxylic acids is 1. The third-order valence-corrected chi connectivity index (χ3v) is 4.71. The zero-order valence-corrected chi connectivity index (χ0v) is 15.4. The Morgan fingerprint density at radius 1 is 0.742 bits per heavy atom. The van der Waals surface area contributed by atoms with E-state index in [4.69, 9.17) is 0 Å². The number of rotatable bonds is 4. The van der Waals surface area contributed by atoms with Crippen LogP contribution in [0.2, 0.25) is 0 Å². The summed E-state index contributed by atoms with van der Waals surface area (Å²) in [5, 5.41) is 1.96. The highest BCUT2D eigenvalue weighted by atomic mass is 32.2. The van der Waals surface area contributed by atoms with Gasteiger partial charge >= 0.3 is 27.9 Å². The van der Waals surface area contributed by atoms with Gasteiger partial charge in [-0.05, 0) is 42.5 Å². The number of anilines is 2. The summed E-state index contributed by atoms with van der Waals surface area (Å²) in [4.78, 5) is 12.3. The van der Waals surface area contributed by atoms with Crippen molar-refractivity contribution >= 4 is 27.3 Å². The number of halogens is 9. The molecule has 2 aromatic carbocycles. The minimum atomic E-state index is -6.19. The van der Waals surface area contributed by atoms with Crippen LogP contribution in [0.15, 0.2) is 42.5 Å². The third kappa shape index (κ3) is 5.80. The van der Waals surface area contributed by atoms with Gasteiger partial charge in [0.15, 0.2) is 0 Å². The van der Waals surface area contributed by atoms with Gasteiger partial charge in [0.05, 0.1) is 22.4 Å². The fourth-order valence-electron chi connectivity index (χ4n) is 2.15. The van der Waals surface area contributed by atoms with Crippen LogP contribution >= 0.6 is 0 Å². The van der Waals surface area contributed by atoms with Crippen molar-refractivity contribution in [2.24, 2.45) is 0 Å². The van der Waals surface area contributed by atoms with E-state index < -0.39 is 56.2 Å². The normalized spacial score (nSPS) is 13.1. The van der Waals surface area contributed by atoms with Gasteiger partial charge in [0.25, 0.3) is 5.91 Å². The van der Waals surface area contributed by atoms with Gasteiger partial charge in [-0.2, -0.15) is 47.9 Å². The molecule has 2 rings (SSSR count). The second kappa shape index (κ2) is 7.94. The zero-order valence-electron chi connectivity index (χ0n) is 14.6. The Hall–Kier alpha value is -2.97. The Morgan fingerprint density at radius 2 is 1.23 bits per heavy atom. The lowest BCUT2D eigenvalue weighted by Crippen LogP contribution is -2.31. The first-order valence-electron chi connectivity index (χ1n) is 7.71. The molecule has 170 valence electrons. The molecular formula is C16H9F9N2O3S. The number of sulfonamides is 1. The summed E-state index contributed by atoms with van der Waals surface area (Å²) in [7, 11) is -6.19. The summed E-state index contributed by atoms with van der Waals surface area (Å²) >= 11 is 0. The molecule has 0 aliphatic heterocycles. The van der Waals surface area contributed by atoms with Gasteiger partial charge in [0, 0.05) is 5.69 Å². The minimum Gasteiger partial charge on any atom is -0.322 e. The zero-order chi connectivity index (χ0) is 23.8. The molecule has 0 fully saturated rings. The Labute approximate surface area is 167 Å². The van der Waals surface area contributed by atoms with Crippen LogP contribution in [-0.2, 0) is 22.4 Å². The molecule has 0 heterocycles. The van der Waals surface area contributed by atoms with E-state index in [0.29, 0.717) is 24.3 Å². The molecule has 0 aliphatic carbocycles. The number of hydrogen-bond acceptors (Lipinski definition) is 3. The molecule has 31 heavy (non-hydrogen) atoms. The Morgan fingerprint density at radius 3 is 1.68 bits per heavy atom. The second-order valence-corrected chi connectivity index (χ2v) is 7.51. The molecule has 5 nitrogen and oxygen atoms in total. The molecule has 0 bridgehead atoms. The lowest BCUT2D eigenvalue weighted by atomic mass is 10.1. The molecule has 0 saturated carbocycles. The van der Waals surface area contributed by atoms with Crippen LogP contribution in [0.1, 0.15) is 21.5 Å². The van der Waals surface area contributed by atoms with Crippen molar-refractivity contribution in [2.75, 3.05) is 10.0 Å². The summed E-state index contributed by atoms with van der Waals surface area (Å²) in [5.41, 5.74) is -11.1. The average molecular weight is 480 g/mol. The highest BCUT2D eigenvalue weighted by Gasteiger charge is 2.46. The Balaban J connectivity index is 2.43. The fourth-order valence-corrected chi connectivity index (χ4v) is 2.72. The molecule has 15 heteroatoms. The second-order valence-electron chi connectivity index (χ2n) is 5.84. The van der Waals surface area contributed by atoms with Gasteiger partial charge in [-0.25, -0.2) is 0 Å². The molecule has 2 aromatic rings. The molecule has 0 aliphatic rings. The number of benzene rings is 2. The summed E-state index contributed by atoms with van der Waals surface area (Å²) in [6.45, 7) is 0. The first-order valence-corrected chi connectivity index (χ1v) is 9.19. The van der Waals surface area contributed by atoms with E-state index in [0.717, 1.165) is 16.9 Å². The van der Waals surface area contributed by atoms with Crippen molar-refractivity contribution in [3.05, 3.63) is 59.2 Å². The van der Waals surface area contributed by atoms with Gasteiger partial charge in [-0.1, -0.05) is 0 Å². The molecule has 0 spiro atoms. The van der Waals surface area contributed by atoms with E-state index in [1.807, 2.05) is 5.32 Å². The smallest absolute Gasteiger partial charge is 0.322 e. The highest BCUT2D eigenvalue weighted by molar-refractivity contribution is 7.93. The topological polar surface area (TPSA) is 75.3 Å². The van der Waals surface area contributed by atoms with Gasteiger partial charge in [-0.15, -0.1) is 0 Å². The minimum absolute atomic E-state index is 0.0229. The molecule has 0 radical (unpaired) electrons. The van der Waals surface area contributed by atoms with Crippen LogP contribution in [0.3, 0.4) is 0 Å². The van der Waals surface area contributed by atoms with Crippen LogP contribution < -0.4 is 10.0 Å². The third-order valence-electron chi connectivity index (χ3n) is 3.61. The lowest BCUT2D eigenvalue weighted by Gasteiger charge is -2.16. The summed E-state index contributed by atoms with van der Waals surface area (Å²) in [6, 6.07) is 3.40. The SMILES string of the molecule is O=C(Nc1ccc(C(F)(F)F)cc1)c1ccc(C(F)(F)F)cc1NS(=O)(=O)C(F)(F)F. The molecule has 1 amide bonds. The predicted molar refractivity (Wildman–Crippen MR) is 89.4 cm³/mol. The van der Waals surface area contributed by atoms with E-state index in [-0.39, 0.29) is 11.8 Å². The quantitative estimate of drug-likeness (QED) is 0.588. The van der Waals surface area contributed by atoms with Crippen molar-refractivity contribution in [3.8, 4) is 0 Å². The van der Waals surface area contributed by atoms with Crippen molar-refractivity contribution in [2.45, 2.75) is 17.9 Å². The Bertz CT molecular complexity index is 1070. The van der Waals surface area contributed by atoms with Crippen molar-refractivity contribution in [3.63, 3.8) is 0 Å². The van der Waals surface area contributed by atoms with Crippen LogP contribution in [0, 0.1) is 0 Å². The van der Waals surface area contributed by atoms with E-state index in [1.165, 1.54) is 0 Å². The van der Waals surface area contributed by atoms with E-state index in [1.54, 1.807) is 0 Å². The number of carbonyl (C=O) groups is 1. The average Bonchev–Trinajstić information content (AvgIpc) is 2.59. The highest BCUT2D eigenvalue weighted by Crippen LogP contribution is 2.35. The summed E-state index contributed by atoms with van der Waals surface area (Å²) in [5.74, 6) is -1.38. The van der Waals surface area contributed by atoms with Crippen molar-refractivity contribution in [1.82, 2.24) is 0 Å². The number of amides is 1. The summed E-state index contributed by atoms with van der Waals surface area (Å²) in [6.07, 6.45) is -9.78. The maximum absolute atomic E-state index is 12.9. The van der Waals surface area contributed by atoms with Gasteiger partial charge in [-0.3, -0.25) is 9.52 Å². The Kier molecular flexibility index (Phi) is 6.22. The van der Waals surface area contributed by atoms with Crippen molar-refractivity contribution < 1.29 is 52.7 Å². The molecule has 0 aromatic heterocycles. The fraction of sp³-hybridized carbons (Fsp3) is 0.188. The monoisotopic (exact) mass is 480 g/mol. The molecule has 0 atom stereocenters. The molecule has 0 saturated heterocycles. The predicted octanol–water partition coefficient (Wildman–Crippen LogP) is 5.24.